The first-order valence-electron chi connectivity index (χ1n) is 7.82. The van der Waals surface area contributed by atoms with Gasteiger partial charge in [-0.1, -0.05) is 45.0 Å². The summed E-state index contributed by atoms with van der Waals surface area (Å²) in [7, 11) is 0. The van der Waals surface area contributed by atoms with Crippen molar-refractivity contribution in [3.63, 3.8) is 0 Å². The first kappa shape index (κ1) is 16.4. The molecule has 0 aliphatic rings. The maximum Gasteiger partial charge on any atom is 0.263 e. The number of pyridine rings is 1. The van der Waals surface area contributed by atoms with E-state index < -0.39 is 22.6 Å². The zero-order valence-corrected chi connectivity index (χ0v) is 14.2. The predicted octanol–water partition coefficient (Wildman–Crippen LogP) is 4.87. The first-order chi connectivity index (χ1) is 11.2. The van der Waals surface area contributed by atoms with Crippen LogP contribution in [-0.4, -0.2) is 4.57 Å². The average molecular weight is 327 g/mol. The molecule has 2 aromatic carbocycles. The Bertz CT molecular complexity index is 977. The number of fused-ring (bicyclic) bond motifs is 1. The van der Waals surface area contributed by atoms with Gasteiger partial charge < -0.3 is 0 Å². The van der Waals surface area contributed by atoms with Crippen LogP contribution < -0.4 is 5.56 Å². The van der Waals surface area contributed by atoms with Crippen LogP contribution in [0.5, 0.6) is 0 Å². The minimum atomic E-state index is -0.754. The van der Waals surface area contributed by atoms with Gasteiger partial charge in [0.15, 0.2) is 0 Å². The van der Waals surface area contributed by atoms with Crippen LogP contribution in [-0.2, 0) is 5.41 Å². The smallest absolute Gasteiger partial charge is 0.263 e. The summed E-state index contributed by atoms with van der Waals surface area (Å²) in [5.74, 6) is -1.51. The van der Waals surface area contributed by atoms with Crippen LogP contribution in [0.2, 0.25) is 0 Å². The third-order valence-electron chi connectivity index (χ3n) is 4.18. The lowest BCUT2D eigenvalue weighted by atomic mass is 9.89. The molecule has 0 atom stereocenters. The molecule has 0 spiro atoms. The number of rotatable bonds is 1. The third-order valence-corrected chi connectivity index (χ3v) is 4.18. The Balaban J connectivity index is 2.57. The Morgan fingerprint density at radius 2 is 1.54 bits per heavy atom. The summed E-state index contributed by atoms with van der Waals surface area (Å²) in [5.41, 5.74) is 0.154. The molecule has 0 fully saturated rings. The standard InChI is InChI=1S/C20H19F2NO/c1-12-7-5-8-13-11-16(20(2,3)4)23(19(24)17(12)13)18-14(21)9-6-10-15(18)22/h5-11H,1-4H3. The molecule has 0 saturated heterocycles. The molecule has 0 N–H and O–H groups in total. The van der Waals surface area contributed by atoms with E-state index >= 15 is 0 Å². The molecule has 0 bridgehead atoms. The summed E-state index contributed by atoms with van der Waals surface area (Å²) in [6.45, 7) is 7.57. The fourth-order valence-corrected chi connectivity index (χ4v) is 3.01. The van der Waals surface area contributed by atoms with Gasteiger partial charge in [-0.05, 0) is 36.1 Å². The molecule has 3 rings (SSSR count). The van der Waals surface area contributed by atoms with Crippen LogP contribution in [0.3, 0.4) is 0 Å². The quantitative estimate of drug-likeness (QED) is 0.625. The SMILES string of the molecule is Cc1cccc2cc(C(C)(C)C)n(-c3c(F)cccc3F)c(=O)c12. The Hall–Kier alpha value is -2.49. The zero-order chi connectivity index (χ0) is 17.6. The van der Waals surface area contributed by atoms with Crippen molar-refractivity contribution >= 4 is 10.8 Å². The number of hydrogen-bond donors (Lipinski definition) is 0. The van der Waals surface area contributed by atoms with Crippen molar-refractivity contribution in [3.05, 3.63) is 75.7 Å². The van der Waals surface area contributed by atoms with Gasteiger partial charge >= 0.3 is 0 Å². The number of aryl methyl sites for hydroxylation is 1. The molecule has 0 saturated carbocycles. The second-order valence-electron chi connectivity index (χ2n) is 7.03. The van der Waals surface area contributed by atoms with E-state index in [1.54, 1.807) is 0 Å². The molecular weight excluding hydrogens is 308 g/mol. The summed E-state index contributed by atoms with van der Waals surface area (Å²) >= 11 is 0. The molecule has 1 heterocycles. The monoisotopic (exact) mass is 327 g/mol. The maximum absolute atomic E-state index is 14.4. The van der Waals surface area contributed by atoms with Gasteiger partial charge in [-0.25, -0.2) is 8.78 Å². The highest BCUT2D eigenvalue weighted by Gasteiger charge is 2.25. The first-order valence-corrected chi connectivity index (χ1v) is 7.82. The number of aromatic nitrogens is 1. The molecule has 1 aromatic heterocycles. The highest BCUT2D eigenvalue weighted by atomic mass is 19.1. The van der Waals surface area contributed by atoms with Crippen molar-refractivity contribution < 1.29 is 8.78 Å². The maximum atomic E-state index is 14.4. The van der Waals surface area contributed by atoms with Crippen LogP contribution in [0.4, 0.5) is 8.78 Å². The molecule has 24 heavy (non-hydrogen) atoms. The summed E-state index contributed by atoms with van der Waals surface area (Å²) in [6, 6.07) is 11.0. The minimum absolute atomic E-state index is 0.322. The third kappa shape index (κ3) is 2.52. The molecule has 2 nitrogen and oxygen atoms in total. The lowest BCUT2D eigenvalue weighted by Gasteiger charge is -2.25. The predicted molar refractivity (Wildman–Crippen MR) is 92.9 cm³/mol. The second kappa shape index (κ2) is 5.55. The molecule has 0 aliphatic heterocycles. The van der Waals surface area contributed by atoms with E-state index in [-0.39, 0.29) is 5.69 Å². The molecule has 0 radical (unpaired) electrons. The van der Waals surface area contributed by atoms with Gasteiger partial charge in [-0.15, -0.1) is 0 Å². The lowest BCUT2D eigenvalue weighted by molar-refractivity contribution is 0.522. The van der Waals surface area contributed by atoms with Gasteiger partial charge in [0.1, 0.15) is 17.3 Å². The Kier molecular flexibility index (Phi) is 3.78. The van der Waals surface area contributed by atoms with Crippen molar-refractivity contribution in [1.82, 2.24) is 4.57 Å². The van der Waals surface area contributed by atoms with Gasteiger partial charge in [-0.3, -0.25) is 9.36 Å². The molecule has 4 heteroatoms. The van der Waals surface area contributed by atoms with Crippen molar-refractivity contribution in [2.24, 2.45) is 0 Å². The van der Waals surface area contributed by atoms with Crippen molar-refractivity contribution in [2.45, 2.75) is 33.1 Å². The van der Waals surface area contributed by atoms with E-state index in [9.17, 15) is 13.6 Å². The Morgan fingerprint density at radius 1 is 0.958 bits per heavy atom. The van der Waals surface area contributed by atoms with E-state index in [2.05, 4.69) is 0 Å². The number of benzene rings is 2. The number of para-hydroxylation sites is 1. The van der Waals surface area contributed by atoms with Crippen LogP contribution in [0.15, 0.2) is 47.3 Å². The summed E-state index contributed by atoms with van der Waals surface area (Å²) < 4.78 is 30.0. The number of nitrogens with zero attached hydrogens (tertiary/aromatic N) is 1. The molecule has 0 aliphatic carbocycles. The van der Waals surface area contributed by atoms with Gasteiger partial charge in [0.05, 0.1) is 5.39 Å². The van der Waals surface area contributed by atoms with Crippen LogP contribution in [0.1, 0.15) is 32.0 Å². The normalized spacial score (nSPS) is 11.9. The summed E-state index contributed by atoms with van der Waals surface area (Å²) in [6.07, 6.45) is 0. The number of hydrogen-bond acceptors (Lipinski definition) is 1. The van der Waals surface area contributed by atoms with E-state index in [1.807, 2.05) is 52.0 Å². The largest absolute Gasteiger partial charge is 0.274 e. The van der Waals surface area contributed by atoms with Crippen molar-refractivity contribution in [1.29, 1.82) is 0 Å². The van der Waals surface area contributed by atoms with Gasteiger partial charge in [0.2, 0.25) is 0 Å². The van der Waals surface area contributed by atoms with E-state index in [0.717, 1.165) is 10.9 Å². The molecular formula is C20H19F2NO. The summed E-state index contributed by atoms with van der Waals surface area (Å²) in [5, 5.41) is 1.26. The van der Waals surface area contributed by atoms with Crippen LogP contribution in [0, 0.1) is 18.6 Å². The minimum Gasteiger partial charge on any atom is -0.274 e. The van der Waals surface area contributed by atoms with Gasteiger partial charge in [0, 0.05) is 11.1 Å². The number of halogens is 2. The Labute approximate surface area is 139 Å². The van der Waals surface area contributed by atoms with E-state index in [1.165, 1.54) is 22.8 Å². The average Bonchev–Trinajstić information content (AvgIpc) is 2.47. The van der Waals surface area contributed by atoms with E-state index in [0.29, 0.717) is 11.1 Å². The zero-order valence-electron chi connectivity index (χ0n) is 14.2. The Morgan fingerprint density at radius 3 is 2.12 bits per heavy atom. The molecule has 124 valence electrons. The van der Waals surface area contributed by atoms with E-state index in [4.69, 9.17) is 0 Å². The lowest BCUT2D eigenvalue weighted by Crippen LogP contribution is -2.30. The summed E-state index contributed by atoms with van der Waals surface area (Å²) in [4.78, 5) is 13.2. The van der Waals surface area contributed by atoms with Crippen LogP contribution in [0.25, 0.3) is 16.5 Å². The van der Waals surface area contributed by atoms with Crippen molar-refractivity contribution in [3.8, 4) is 5.69 Å². The highest BCUT2D eigenvalue weighted by molar-refractivity contribution is 5.85. The second-order valence-corrected chi connectivity index (χ2v) is 7.03. The highest BCUT2D eigenvalue weighted by Crippen LogP contribution is 2.29. The van der Waals surface area contributed by atoms with Crippen LogP contribution >= 0.6 is 0 Å². The van der Waals surface area contributed by atoms with Gasteiger partial charge in [-0.2, -0.15) is 0 Å². The fourth-order valence-electron chi connectivity index (χ4n) is 3.01. The molecule has 0 amide bonds. The molecule has 0 unspecified atom stereocenters. The fraction of sp³-hybridized carbons (Fsp3) is 0.250. The topological polar surface area (TPSA) is 22.0 Å². The molecule has 3 aromatic rings. The van der Waals surface area contributed by atoms with Crippen molar-refractivity contribution in [2.75, 3.05) is 0 Å². The van der Waals surface area contributed by atoms with Gasteiger partial charge in [0.25, 0.3) is 5.56 Å².